The number of anilines is 1. The van der Waals surface area contributed by atoms with E-state index in [1.807, 2.05) is 32.0 Å². The van der Waals surface area contributed by atoms with E-state index in [-0.39, 0.29) is 0 Å². The Kier molecular flexibility index (Phi) is 7.90. The van der Waals surface area contributed by atoms with Crippen molar-refractivity contribution in [2.45, 2.75) is 34.1 Å². The van der Waals surface area contributed by atoms with Crippen LogP contribution in [-0.2, 0) is 0 Å². The maximum Gasteiger partial charge on any atom is 0.125 e. The molecule has 0 aliphatic heterocycles. The fraction of sp³-hybridized carbons (Fsp3) is 0.583. The Bertz CT molecular complexity index is 209. The Balaban J connectivity index is 0.000000791. The number of nitrogens with one attached hydrogen (secondary N) is 1. The van der Waals surface area contributed by atoms with Gasteiger partial charge in [-0.25, -0.2) is 4.98 Å². The molecule has 2 nitrogen and oxygen atoms in total. The van der Waals surface area contributed by atoms with E-state index >= 15 is 0 Å². The molecule has 1 atom stereocenters. The van der Waals surface area contributed by atoms with Crippen molar-refractivity contribution in [3.63, 3.8) is 0 Å². The number of aromatic nitrogens is 1. The van der Waals surface area contributed by atoms with Crippen molar-refractivity contribution >= 4 is 5.82 Å². The number of hydrogen-bond donors (Lipinski definition) is 1. The van der Waals surface area contributed by atoms with Crippen LogP contribution in [0.15, 0.2) is 24.4 Å². The monoisotopic (exact) mass is 194 g/mol. The van der Waals surface area contributed by atoms with Gasteiger partial charge < -0.3 is 5.32 Å². The molecule has 1 rings (SSSR count). The third kappa shape index (κ3) is 5.57. The van der Waals surface area contributed by atoms with Gasteiger partial charge in [0.1, 0.15) is 5.82 Å². The molecule has 0 spiro atoms. The van der Waals surface area contributed by atoms with Gasteiger partial charge in [0.05, 0.1) is 0 Å². The molecule has 1 unspecified atom stereocenters. The van der Waals surface area contributed by atoms with Crippen LogP contribution in [0.2, 0.25) is 0 Å². The van der Waals surface area contributed by atoms with Crippen LogP contribution in [0, 0.1) is 5.92 Å². The van der Waals surface area contributed by atoms with Crippen LogP contribution in [-0.4, -0.2) is 11.5 Å². The number of pyridine rings is 1. The molecule has 14 heavy (non-hydrogen) atoms. The van der Waals surface area contributed by atoms with E-state index in [1.165, 1.54) is 6.42 Å². The van der Waals surface area contributed by atoms with Gasteiger partial charge in [-0.05, 0) is 18.1 Å². The maximum absolute atomic E-state index is 4.17. The summed E-state index contributed by atoms with van der Waals surface area (Å²) in [5.74, 6) is 1.69. The average Bonchev–Trinajstić information content (AvgIpc) is 2.30. The Labute approximate surface area is 87.8 Å². The van der Waals surface area contributed by atoms with Gasteiger partial charge in [0.2, 0.25) is 0 Å². The van der Waals surface area contributed by atoms with Crippen LogP contribution in [0.3, 0.4) is 0 Å². The number of hydrogen-bond acceptors (Lipinski definition) is 2. The van der Waals surface area contributed by atoms with Crippen molar-refractivity contribution in [1.29, 1.82) is 0 Å². The first-order valence-corrected chi connectivity index (χ1v) is 5.47. The molecule has 0 saturated heterocycles. The van der Waals surface area contributed by atoms with Crippen LogP contribution in [0.5, 0.6) is 0 Å². The van der Waals surface area contributed by atoms with E-state index < -0.39 is 0 Å². The molecule has 1 aromatic rings. The molecule has 0 amide bonds. The van der Waals surface area contributed by atoms with Crippen LogP contribution in [0.1, 0.15) is 34.1 Å². The fourth-order valence-corrected chi connectivity index (χ4v) is 0.890. The molecule has 0 fully saturated rings. The first-order chi connectivity index (χ1) is 6.83. The van der Waals surface area contributed by atoms with Gasteiger partial charge in [-0.2, -0.15) is 0 Å². The largest absolute Gasteiger partial charge is 0.370 e. The zero-order valence-electron chi connectivity index (χ0n) is 9.75. The van der Waals surface area contributed by atoms with Crippen molar-refractivity contribution in [2.24, 2.45) is 5.92 Å². The van der Waals surface area contributed by atoms with Crippen molar-refractivity contribution in [3.05, 3.63) is 24.4 Å². The zero-order chi connectivity index (χ0) is 10.8. The summed E-state index contributed by atoms with van der Waals surface area (Å²) >= 11 is 0. The van der Waals surface area contributed by atoms with Crippen LogP contribution in [0.25, 0.3) is 0 Å². The molecule has 1 N–H and O–H groups in total. The summed E-state index contributed by atoms with van der Waals surface area (Å²) in [6, 6.07) is 5.91. The normalized spacial score (nSPS) is 11.1. The zero-order valence-corrected chi connectivity index (χ0v) is 9.75. The lowest BCUT2D eigenvalue weighted by Crippen LogP contribution is -2.10. The standard InChI is InChI=1S/C10H16N2.C2H6/c1-3-9(2)8-12-10-6-4-5-7-11-10;1-2/h4-7,9H,3,8H2,1-2H3,(H,11,12);1-2H3. The molecular formula is C12H22N2. The highest BCUT2D eigenvalue weighted by atomic mass is 15.0. The van der Waals surface area contributed by atoms with Crippen molar-refractivity contribution in [1.82, 2.24) is 4.98 Å². The van der Waals surface area contributed by atoms with Crippen molar-refractivity contribution < 1.29 is 0 Å². The molecule has 0 aromatic carbocycles. The molecule has 0 bridgehead atoms. The summed E-state index contributed by atoms with van der Waals surface area (Å²) in [6.07, 6.45) is 3.01. The Morgan fingerprint density at radius 2 is 2.07 bits per heavy atom. The summed E-state index contributed by atoms with van der Waals surface area (Å²) in [5.41, 5.74) is 0. The van der Waals surface area contributed by atoms with Crippen LogP contribution < -0.4 is 5.32 Å². The minimum absolute atomic E-state index is 0.715. The molecule has 0 aliphatic carbocycles. The quantitative estimate of drug-likeness (QED) is 0.792. The maximum atomic E-state index is 4.17. The summed E-state index contributed by atoms with van der Waals surface area (Å²) in [6.45, 7) is 9.44. The Hall–Kier alpha value is -1.05. The molecule has 0 saturated carbocycles. The van der Waals surface area contributed by atoms with Gasteiger partial charge in [0.15, 0.2) is 0 Å². The minimum Gasteiger partial charge on any atom is -0.370 e. The van der Waals surface area contributed by atoms with Crippen molar-refractivity contribution in [2.75, 3.05) is 11.9 Å². The second-order valence-corrected chi connectivity index (χ2v) is 3.11. The average molecular weight is 194 g/mol. The molecule has 0 aliphatic rings. The minimum atomic E-state index is 0.715. The first-order valence-electron chi connectivity index (χ1n) is 5.47. The highest BCUT2D eigenvalue weighted by Gasteiger charge is 1.97. The summed E-state index contributed by atoms with van der Waals surface area (Å²) in [7, 11) is 0. The smallest absolute Gasteiger partial charge is 0.125 e. The summed E-state index contributed by atoms with van der Waals surface area (Å²) in [5, 5.41) is 3.28. The third-order valence-electron chi connectivity index (χ3n) is 1.99. The first kappa shape index (κ1) is 12.9. The highest BCUT2D eigenvalue weighted by Crippen LogP contribution is 2.04. The predicted octanol–water partition coefficient (Wildman–Crippen LogP) is 3.57. The lowest BCUT2D eigenvalue weighted by atomic mass is 10.1. The van der Waals surface area contributed by atoms with E-state index in [4.69, 9.17) is 0 Å². The molecule has 1 aromatic heterocycles. The van der Waals surface area contributed by atoms with Gasteiger partial charge in [0, 0.05) is 12.7 Å². The van der Waals surface area contributed by atoms with E-state index in [2.05, 4.69) is 24.1 Å². The Morgan fingerprint density at radius 1 is 1.36 bits per heavy atom. The Morgan fingerprint density at radius 3 is 2.57 bits per heavy atom. The SMILES string of the molecule is CC.CCC(C)CNc1ccccn1. The van der Waals surface area contributed by atoms with Gasteiger partial charge in [0.25, 0.3) is 0 Å². The third-order valence-corrected chi connectivity index (χ3v) is 1.99. The predicted molar refractivity (Wildman–Crippen MR) is 63.5 cm³/mol. The van der Waals surface area contributed by atoms with Crippen molar-refractivity contribution in [3.8, 4) is 0 Å². The summed E-state index contributed by atoms with van der Waals surface area (Å²) < 4.78 is 0. The van der Waals surface area contributed by atoms with Gasteiger partial charge >= 0.3 is 0 Å². The second kappa shape index (κ2) is 8.54. The molecule has 1 heterocycles. The molecular weight excluding hydrogens is 172 g/mol. The van der Waals surface area contributed by atoms with Gasteiger partial charge in [-0.15, -0.1) is 0 Å². The van der Waals surface area contributed by atoms with Gasteiger partial charge in [-0.3, -0.25) is 0 Å². The molecule has 80 valence electrons. The molecule has 2 heteroatoms. The second-order valence-electron chi connectivity index (χ2n) is 3.11. The lowest BCUT2D eigenvalue weighted by molar-refractivity contribution is 0.592. The van der Waals surface area contributed by atoms with Crippen LogP contribution >= 0.6 is 0 Å². The van der Waals surface area contributed by atoms with E-state index in [0.29, 0.717) is 5.92 Å². The van der Waals surface area contributed by atoms with E-state index in [1.54, 1.807) is 6.20 Å². The lowest BCUT2D eigenvalue weighted by Gasteiger charge is -2.09. The molecule has 0 radical (unpaired) electrons. The number of rotatable bonds is 4. The number of nitrogens with zero attached hydrogens (tertiary/aromatic N) is 1. The fourth-order valence-electron chi connectivity index (χ4n) is 0.890. The topological polar surface area (TPSA) is 24.9 Å². The van der Waals surface area contributed by atoms with Crippen LogP contribution in [0.4, 0.5) is 5.82 Å². The van der Waals surface area contributed by atoms with Gasteiger partial charge in [-0.1, -0.05) is 40.2 Å². The summed E-state index contributed by atoms with van der Waals surface area (Å²) in [4.78, 5) is 4.17. The van der Waals surface area contributed by atoms with E-state index in [9.17, 15) is 0 Å². The van der Waals surface area contributed by atoms with E-state index in [0.717, 1.165) is 12.4 Å². The highest BCUT2D eigenvalue weighted by molar-refractivity contribution is 5.32.